The van der Waals surface area contributed by atoms with E-state index < -0.39 is 11.7 Å². The molecule has 2 N–H and O–H groups in total. The van der Waals surface area contributed by atoms with Crippen molar-refractivity contribution in [2.45, 2.75) is 59.5 Å². The van der Waals surface area contributed by atoms with Gasteiger partial charge in [0.1, 0.15) is 5.60 Å². The summed E-state index contributed by atoms with van der Waals surface area (Å²) in [5.74, 6) is -0.300. The van der Waals surface area contributed by atoms with E-state index in [1.807, 2.05) is 24.3 Å². The summed E-state index contributed by atoms with van der Waals surface area (Å²) in [5.41, 5.74) is 2.58. The Hall–Kier alpha value is -2.89. The van der Waals surface area contributed by atoms with E-state index in [0.29, 0.717) is 22.6 Å². The number of anilines is 2. The maximum Gasteiger partial charge on any atom is 0.412 e. The lowest BCUT2D eigenvalue weighted by molar-refractivity contribution is 0.0635. The molecule has 2 amide bonds. The van der Waals surface area contributed by atoms with Crippen LogP contribution < -0.4 is 10.6 Å². The van der Waals surface area contributed by atoms with Crippen molar-refractivity contribution in [3.63, 3.8) is 0 Å². The van der Waals surface area contributed by atoms with Crippen molar-refractivity contribution in [3.8, 4) is 0 Å². The lowest BCUT2D eigenvalue weighted by Crippen LogP contribution is -2.27. The molecule has 0 spiro atoms. The predicted octanol–water partition coefficient (Wildman–Crippen LogP) is 5.29. The zero-order valence-electron chi connectivity index (χ0n) is 17.6. The summed E-state index contributed by atoms with van der Waals surface area (Å²) in [6.45, 7) is 13.5. The minimum absolute atomic E-state index is 0.0172. The number of aryl methyl sites for hydroxylation is 1. The monoisotopic (exact) mass is 383 g/mol. The number of rotatable bonds is 3. The molecule has 1 heterocycles. The van der Waals surface area contributed by atoms with Gasteiger partial charge >= 0.3 is 6.09 Å². The first-order valence-electron chi connectivity index (χ1n) is 9.24. The number of amides is 2. The van der Waals surface area contributed by atoms with Crippen molar-refractivity contribution in [2.24, 2.45) is 0 Å². The highest BCUT2D eigenvalue weighted by atomic mass is 16.6. The Labute approximate surface area is 166 Å². The van der Waals surface area contributed by atoms with Crippen molar-refractivity contribution < 1.29 is 14.3 Å². The Morgan fingerprint density at radius 2 is 1.68 bits per heavy atom. The third-order valence-corrected chi connectivity index (χ3v) is 3.97. The lowest BCUT2D eigenvalue weighted by Gasteiger charge is -2.20. The Morgan fingerprint density at radius 1 is 1.00 bits per heavy atom. The number of hydrogen-bond acceptors (Lipinski definition) is 4. The number of carbonyl (C=O) groups excluding carboxylic acids is 2. The molecule has 0 radical (unpaired) electrons. The summed E-state index contributed by atoms with van der Waals surface area (Å²) in [6.07, 6.45) is 0.895. The fourth-order valence-electron chi connectivity index (χ4n) is 2.46. The Balaban J connectivity index is 2.17. The van der Waals surface area contributed by atoms with Gasteiger partial charge in [0, 0.05) is 11.9 Å². The van der Waals surface area contributed by atoms with E-state index in [2.05, 4.69) is 36.4 Å². The van der Waals surface area contributed by atoms with E-state index in [9.17, 15) is 9.59 Å². The number of nitrogens with one attached hydrogen (secondary N) is 2. The van der Waals surface area contributed by atoms with Crippen LogP contribution in [0, 0.1) is 6.92 Å². The van der Waals surface area contributed by atoms with Crippen LogP contribution >= 0.6 is 0 Å². The standard InChI is InChI=1S/C22H29N3O3/c1-14-18(25-20(27)28-22(5,6)7)11-15(13-23-14)19(26)24-17-10-8-9-16(12-17)21(2,3)4/h8-13H,1-7H3,(H,24,26)(H,25,27). The first-order chi connectivity index (χ1) is 12.8. The van der Waals surface area contributed by atoms with Gasteiger partial charge in [0.15, 0.2) is 0 Å². The second-order valence-corrected chi connectivity index (χ2v) is 8.77. The quantitative estimate of drug-likeness (QED) is 0.755. The van der Waals surface area contributed by atoms with Crippen molar-refractivity contribution in [3.05, 3.63) is 53.3 Å². The lowest BCUT2D eigenvalue weighted by atomic mass is 9.87. The van der Waals surface area contributed by atoms with Crippen LogP contribution in [-0.4, -0.2) is 22.6 Å². The number of aromatic nitrogens is 1. The number of carbonyl (C=O) groups is 2. The molecule has 28 heavy (non-hydrogen) atoms. The molecule has 2 aromatic rings. The molecule has 1 aromatic carbocycles. The SMILES string of the molecule is Cc1ncc(C(=O)Nc2cccc(C(C)(C)C)c2)cc1NC(=O)OC(C)(C)C. The number of pyridine rings is 1. The summed E-state index contributed by atoms with van der Waals surface area (Å²) >= 11 is 0. The third-order valence-electron chi connectivity index (χ3n) is 3.97. The van der Waals surface area contributed by atoms with Crippen molar-refractivity contribution in [1.82, 2.24) is 4.98 Å². The van der Waals surface area contributed by atoms with Gasteiger partial charge < -0.3 is 10.1 Å². The minimum atomic E-state index is -0.613. The summed E-state index contributed by atoms with van der Waals surface area (Å²) in [5, 5.41) is 5.54. The molecular weight excluding hydrogens is 354 g/mol. The average molecular weight is 383 g/mol. The van der Waals surface area contributed by atoms with E-state index >= 15 is 0 Å². The van der Waals surface area contributed by atoms with Crippen molar-refractivity contribution in [2.75, 3.05) is 10.6 Å². The first kappa shape index (κ1) is 21.4. The predicted molar refractivity (Wildman–Crippen MR) is 112 cm³/mol. The highest BCUT2D eigenvalue weighted by molar-refractivity contribution is 6.05. The van der Waals surface area contributed by atoms with E-state index in [4.69, 9.17) is 4.74 Å². The van der Waals surface area contributed by atoms with Crippen LogP contribution in [0.1, 0.15) is 63.2 Å². The van der Waals surface area contributed by atoms with Gasteiger partial charge in [-0.25, -0.2) is 4.79 Å². The van der Waals surface area contributed by atoms with Gasteiger partial charge in [0.05, 0.1) is 16.9 Å². The van der Waals surface area contributed by atoms with Crippen LogP contribution in [0.15, 0.2) is 36.5 Å². The van der Waals surface area contributed by atoms with Gasteiger partial charge in [0.2, 0.25) is 0 Å². The molecule has 0 saturated carbocycles. The molecule has 1 aromatic heterocycles. The maximum atomic E-state index is 12.7. The van der Waals surface area contributed by atoms with Crippen LogP contribution in [0.4, 0.5) is 16.2 Å². The second kappa shape index (κ2) is 8.00. The van der Waals surface area contributed by atoms with Crippen LogP contribution in [0.2, 0.25) is 0 Å². The molecule has 6 nitrogen and oxygen atoms in total. The number of ether oxygens (including phenoxy) is 1. The molecule has 0 bridgehead atoms. The molecule has 0 fully saturated rings. The highest BCUT2D eigenvalue weighted by Gasteiger charge is 2.18. The molecule has 0 aliphatic carbocycles. The molecule has 0 atom stereocenters. The molecule has 0 saturated heterocycles. The number of nitrogens with zero attached hydrogens (tertiary/aromatic N) is 1. The largest absolute Gasteiger partial charge is 0.444 e. The van der Waals surface area contributed by atoms with Crippen LogP contribution in [-0.2, 0) is 10.2 Å². The zero-order valence-corrected chi connectivity index (χ0v) is 17.6. The molecule has 2 rings (SSSR count). The van der Waals surface area contributed by atoms with Gasteiger partial charge in [-0.2, -0.15) is 0 Å². The Bertz CT molecular complexity index is 877. The fraction of sp³-hybridized carbons (Fsp3) is 0.409. The van der Waals surface area contributed by atoms with Gasteiger partial charge in [-0.1, -0.05) is 32.9 Å². The number of hydrogen-bond donors (Lipinski definition) is 2. The summed E-state index contributed by atoms with van der Waals surface area (Å²) in [7, 11) is 0. The summed E-state index contributed by atoms with van der Waals surface area (Å²) in [4.78, 5) is 28.9. The summed E-state index contributed by atoms with van der Waals surface area (Å²) < 4.78 is 5.26. The fourth-order valence-corrected chi connectivity index (χ4v) is 2.46. The van der Waals surface area contributed by atoms with Crippen LogP contribution in [0.3, 0.4) is 0 Å². The molecule has 0 unspecified atom stereocenters. The van der Waals surface area contributed by atoms with Crippen molar-refractivity contribution in [1.29, 1.82) is 0 Å². The topological polar surface area (TPSA) is 80.3 Å². The van der Waals surface area contributed by atoms with Crippen molar-refractivity contribution >= 4 is 23.4 Å². The average Bonchev–Trinajstić information content (AvgIpc) is 2.54. The maximum absolute atomic E-state index is 12.7. The van der Waals surface area contributed by atoms with E-state index in [0.717, 1.165) is 5.56 Å². The van der Waals surface area contributed by atoms with E-state index in [-0.39, 0.29) is 11.3 Å². The van der Waals surface area contributed by atoms with Crippen LogP contribution in [0.25, 0.3) is 0 Å². The zero-order chi connectivity index (χ0) is 21.1. The Kier molecular flexibility index (Phi) is 6.12. The second-order valence-electron chi connectivity index (χ2n) is 8.77. The normalized spacial score (nSPS) is 11.7. The van der Waals surface area contributed by atoms with E-state index in [1.165, 1.54) is 6.20 Å². The van der Waals surface area contributed by atoms with Gasteiger partial charge in [-0.05, 0) is 56.9 Å². The van der Waals surface area contributed by atoms with E-state index in [1.54, 1.807) is 33.8 Å². The molecule has 150 valence electrons. The number of benzene rings is 1. The molecular formula is C22H29N3O3. The Morgan fingerprint density at radius 3 is 2.29 bits per heavy atom. The molecule has 6 heteroatoms. The minimum Gasteiger partial charge on any atom is -0.444 e. The third kappa shape index (κ3) is 6.08. The first-order valence-corrected chi connectivity index (χ1v) is 9.24. The summed E-state index contributed by atoms with van der Waals surface area (Å²) in [6, 6.07) is 9.34. The van der Waals surface area contributed by atoms with Gasteiger partial charge in [-0.3, -0.25) is 15.1 Å². The van der Waals surface area contributed by atoms with Gasteiger partial charge in [0.25, 0.3) is 5.91 Å². The molecule has 0 aliphatic heterocycles. The van der Waals surface area contributed by atoms with Gasteiger partial charge in [-0.15, -0.1) is 0 Å². The molecule has 0 aliphatic rings. The smallest absolute Gasteiger partial charge is 0.412 e. The van der Waals surface area contributed by atoms with Crippen LogP contribution in [0.5, 0.6) is 0 Å². The highest BCUT2D eigenvalue weighted by Crippen LogP contribution is 2.25.